The van der Waals surface area contributed by atoms with Crippen LogP contribution in [0.2, 0.25) is 0 Å². The molecule has 2 aromatic carbocycles. The molecule has 2 aromatic rings. The molecule has 1 heterocycles. The highest BCUT2D eigenvalue weighted by molar-refractivity contribution is 6.00. The Hall–Kier alpha value is -3.13. The van der Waals surface area contributed by atoms with Crippen LogP contribution in [0.5, 0.6) is 0 Å². The van der Waals surface area contributed by atoms with Gasteiger partial charge in [-0.25, -0.2) is 9.18 Å². The van der Waals surface area contributed by atoms with Crippen LogP contribution in [0.15, 0.2) is 48.5 Å². The monoisotopic (exact) mass is 440 g/mol. The van der Waals surface area contributed by atoms with Gasteiger partial charge in [0.25, 0.3) is 0 Å². The van der Waals surface area contributed by atoms with Gasteiger partial charge >= 0.3 is 6.03 Å². The van der Waals surface area contributed by atoms with Crippen LogP contribution in [0.1, 0.15) is 31.2 Å². The van der Waals surface area contributed by atoms with Crippen molar-refractivity contribution in [3.05, 3.63) is 59.9 Å². The number of urea groups is 1. The van der Waals surface area contributed by atoms with E-state index in [0.29, 0.717) is 57.1 Å². The van der Waals surface area contributed by atoms with Crippen LogP contribution in [0, 0.1) is 5.82 Å². The second kappa shape index (κ2) is 9.99. The van der Waals surface area contributed by atoms with E-state index < -0.39 is 11.4 Å². The van der Waals surface area contributed by atoms with Gasteiger partial charge in [0.2, 0.25) is 5.91 Å². The summed E-state index contributed by atoms with van der Waals surface area (Å²) >= 11 is 0. The molecule has 2 fully saturated rings. The fraction of sp³-hybridized carbons (Fsp3) is 0.417. The zero-order chi connectivity index (χ0) is 22.4. The van der Waals surface area contributed by atoms with Crippen molar-refractivity contribution >= 4 is 23.3 Å². The van der Waals surface area contributed by atoms with Crippen LogP contribution < -0.4 is 20.9 Å². The van der Waals surface area contributed by atoms with E-state index in [4.69, 9.17) is 4.74 Å². The minimum atomic E-state index is -1.000. The summed E-state index contributed by atoms with van der Waals surface area (Å²) in [5.74, 6) is -0.706. The Morgan fingerprint density at radius 1 is 1.03 bits per heavy atom. The summed E-state index contributed by atoms with van der Waals surface area (Å²) in [5, 5.41) is 8.51. The van der Waals surface area contributed by atoms with Crippen molar-refractivity contribution in [2.24, 2.45) is 0 Å². The number of ether oxygens (including phenoxy) is 1. The maximum Gasteiger partial charge on any atom is 0.315 e. The highest BCUT2D eigenvalue weighted by Gasteiger charge is 2.42. The zero-order valence-electron chi connectivity index (χ0n) is 18.0. The highest BCUT2D eigenvalue weighted by Crippen LogP contribution is 2.32. The minimum Gasteiger partial charge on any atom is -0.378 e. The number of morpholine rings is 1. The minimum absolute atomic E-state index is 0.316. The standard InChI is InChI=1S/C24H29FN4O3/c25-20-16-19(8-9-21(20)29-12-14-32-15-13-29)27-22(30)24(10-4-5-11-24)28-23(31)26-17-18-6-2-1-3-7-18/h1-3,6-9,16H,4-5,10-15,17H2,(H,27,30)(H2,26,28,31). The van der Waals surface area contributed by atoms with Gasteiger partial charge in [0.15, 0.2) is 0 Å². The van der Waals surface area contributed by atoms with Crippen LogP contribution in [0.4, 0.5) is 20.6 Å². The Bertz CT molecular complexity index is 942. The fourth-order valence-electron chi connectivity index (χ4n) is 4.32. The molecule has 0 aromatic heterocycles. The van der Waals surface area contributed by atoms with Gasteiger partial charge in [0.1, 0.15) is 11.4 Å². The van der Waals surface area contributed by atoms with Crippen LogP contribution in [-0.2, 0) is 16.1 Å². The topological polar surface area (TPSA) is 82.7 Å². The Kier molecular flexibility index (Phi) is 6.90. The van der Waals surface area contributed by atoms with Gasteiger partial charge in [-0.15, -0.1) is 0 Å². The molecule has 1 saturated heterocycles. The van der Waals surface area contributed by atoms with Crippen LogP contribution >= 0.6 is 0 Å². The number of nitrogens with zero attached hydrogens (tertiary/aromatic N) is 1. The first kappa shape index (κ1) is 22.1. The molecule has 0 atom stereocenters. The first-order valence-electron chi connectivity index (χ1n) is 11.1. The van der Waals surface area contributed by atoms with Crippen molar-refractivity contribution < 1.29 is 18.7 Å². The summed E-state index contributed by atoms with van der Waals surface area (Å²) in [6, 6.07) is 13.9. The van der Waals surface area contributed by atoms with Crippen molar-refractivity contribution in [1.29, 1.82) is 0 Å². The Morgan fingerprint density at radius 3 is 2.44 bits per heavy atom. The van der Waals surface area contributed by atoms with Gasteiger partial charge in [-0.2, -0.15) is 0 Å². The summed E-state index contributed by atoms with van der Waals surface area (Å²) < 4.78 is 20.0. The van der Waals surface area contributed by atoms with Gasteiger partial charge in [-0.05, 0) is 36.6 Å². The van der Waals surface area contributed by atoms with E-state index >= 15 is 0 Å². The Balaban J connectivity index is 1.39. The van der Waals surface area contributed by atoms with Crippen molar-refractivity contribution in [2.75, 3.05) is 36.5 Å². The molecule has 1 aliphatic heterocycles. The number of nitrogens with one attached hydrogen (secondary N) is 3. The molecule has 0 bridgehead atoms. The maximum absolute atomic E-state index is 14.7. The van der Waals surface area contributed by atoms with Crippen LogP contribution in [0.25, 0.3) is 0 Å². The largest absolute Gasteiger partial charge is 0.378 e. The average molecular weight is 441 g/mol. The molecule has 3 amide bonds. The third kappa shape index (κ3) is 5.19. The van der Waals surface area contributed by atoms with Gasteiger partial charge in [0.05, 0.1) is 18.9 Å². The lowest BCUT2D eigenvalue weighted by Gasteiger charge is -2.30. The van der Waals surface area contributed by atoms with E-state index in [1.165, 1.54) is 6.07 Å². The van der Waals surface area contributed by atoms with Gasteiger partial charge < -0.3 is 25.6 Å². The quantitative estimate of drug-likeness (QED) is 0.643. The Morgan fingerprint density at radius 2 is 1.75 bits per heavy atom. The molecule has 8 heteroatoms. The van der Waals surface area contributed by atoms with Crippen molar-refractivity contribution in [1.82, 2.24) is 10.6 Å². The molecular formula is C24H29FN4O3. The summed E-state index contributed by atoms with van der Waals surface area (Å²) in [7, 11) is 0. The predicted molar refractivity (Wildman–Crippen MR) is 121 cm³/mol. The van der Waals surface area contributed by atoms with Crippen molar-refractivity contribution in [3.8, 4) is 0 Å². The fourth-order valence-corrected chi connectivity index (χ4v) is 4.32. The number of hydrogen-bond donors (Lipinski definition) is 3. The molecule has 1 aliphatic carbocycles. The first-order chi connectivity index (χ1) is 15.6. The zero-order valence-corrected chi connectivity index (χ0v) is 18.0. The summed E-state index contributed by atoms with van der Waals surface area (Å²) in [6.45, 7) is 2.77. The van der Waals surface area contributed by atoms with E-state index in [1.54, 1.807) is 12.1 Å². The van der Waals surface area contributed by atoms with Gasteiger partial charge in [-0.1, -0.05) is 43.2 Å². The highest BCUT2D eigenvalue weighted by atomic mass is 19.1. The maximum atomic E-state index is 14.7. The smallest absolute Gasteiger partial charge is 0.315 e. The SMILES string of the molecule is O=C(NCc1ccccc1)NC1(C(=O)Nc2ccc(N3CCOCC3)c(F)c2)CCCC1. The normalized spacial score (nSPS) is 17.6. The number of rotatable bonds is 6. The molecule has 170 valence electrons. The second-order valence-corrected chi connectivity index (χ2v) is 8.30. The van der Waals surface area contributed by atoms with Crippen molar-refractivity contribution in [2.45, 2.75) is 37.8 Å². The molecular weight excluding hydrogens is 411 g/mol. The van der Waals surface area contributed by atoms with E-state index in [0.717, 1.165) is 18.4 Å². The number of benzene rings is 2. The first-order valence-corrected chi connectivity index (χ1v) is 11.1. The summed E-state index contributed by atoms with van der Waals surface area (Å²) in [4.78, 5) is 27.6. The summed E-state index contributed by atoms with van der Waals surface area (Å²) in [6.07, 6.45) is 2.78. The molecule has 3 N–H and O–H groups in total. The van der Waals surface area contributed by atoms with Gasteiger partial charge in [-0.3, -0.25) is 4.79 Å². The predicted octanol–water partition coefficient (Wildman–Crippen LogP) is 3.41. The number of carbonyl (C=O) groups excluding carboxylic acids is 2. The molecule has 0 spiro atoms. The summed E-state index contributed by atoms with van der Waals surface area (Å²) in [5.41, 5.74) is 0.853. The molecule has 0 radical (unpaired) electrons. The third-order valence-corrected chi connectivity index (χ3v) is 6.10. The van der Waals surface area contributed by atoms with E-state index in [1.807, 2.05) is 35.2 Å². The van der Waals surface area contributed by atoms with E-state index in [2.05, 4.69) is 16.0 Å². The number of carbonyl (C=O) groups is 2. The van der Waals surface area contributed by atoms with Crippen LogP contribution in [0.3, 0.4) is 0 Å². The van der Waals surface area contributed by atoms with Crippen molar-refractivity contribution in [3.63, 3.8) is 0 Å². The molecule has 2 aliphatic rings. The number of halogens is 1. The third-order valence-electron chi connectivity index (χ3n) is 6.10. The molecule has 7 nitrogen and oxygen atoms in total. The Labute approximate surface area is 187 Å². The molecule has 1 saturated carbocycles. The molecule has 4 rings (SSSR count). The number of amides is 3. The lowest BCUT2D eigenvalue weighted by Crippen LogP contribution is -2.57. The average Bonchev–Trinajstić information content (AvgIpc) is 3.29. The van der Waals surface area contributed by atoms with E-state index in [9.17, 15) is 14.0 Å². The van der Waals surface area contributed by atoms with Gasteiger partial charge in [0, 0.05) is 25.3 Å². The number of anilines is 2. The van der Waals surface area contributed by atoms with Crippen LogP contribution in [-0.4, -0.2) is 43.8 Å². The second-order valence-electron chi connectivity index (χ2n) is 8.30. The molecule has 0 unspecified atom stereocenters. The molecule has 32 heavy (non-hydrogen) atoms. The lowest BCUT2D eigenvalue weighted by atomic mass is 9.96. The van der Waals surface area contributed by atoms with E-state index in [-0.39, 0.29) is 11.9 Å². The number of hydrogen-bond acceptors (Lipinski definition) is 4. The lowest BCUT2D eigenvalue weighted by molar-refractivity contribution is -0.121.